The summed E-state index contributed by atoms with van der Waals surface area (Å²) < 4.78 is 39.7. The van der Waals surface area contributed by atoms with Gasteiger partial charge in [0.25, 0.3) is 15.9 Å². The van der Waals surface area contributed by atoms with Gasteiger partial charge in [-0.05, 0) is 78.7 Å². The van der Waals surface area contributed by atoms with Crippen molar-refractivity contribution >= 4 is 43.2 Å². The smallest absolute Gasteiger partial charge is 0.262 e. The minimum Gasteiger partial charge on any atom is -0.493 e. The van der Waals surface area contributed by atoms with Crippen molar-refractivity contribution in [2.75, 3.05) is 16.6 Å². The van der Waals surface area contributed by atoms with E-state index in [-0.39, 0.29) is 10.8 Å². The molecule has 0 saturated carbocycles. The lowest BCUT2D eigenvalue weighted by atomic mass is 10.2. The van der Waals surface area contributed by atoms with Crippen molar-refractivity contribution in [3.05, 3.63) is 70.1 Å². The summed E-state index contributed by atoms with van der Waals surface area (Å²) in [7, 11) is -3.89. The first-order valence-electron chi connectivity index (χ1n) is 9.12. The zero-order chi connectivity index (χ0) is 21.9. The van der Waals surface area contributed by atoms with Gasteiger partial charge in [0.2, 0.25) is 0 Å². The summed E-state index contributed by atoms with van der Waals surface area (Å²) in [4.78, 5) is 12.5. The van der Waals surface area contributed by atoms with Crippen molar-refractivity contribution in [2.24, 2.45) is 0 Å². The molecule has 3 aromatic rings. The highest BCUT2D eigenvalue weighted by atomic mass is 79.9. The van der Waals surface area contributed by atoms with Gasteiger partial charge in [0, 0.05) is 5.69 Å². The van der Waals surface area contributed by atoms with Crippen LogP contribution in [0.2, 0.25) is 0 Å². The Kier molecular flexibility index (Phi) is 6.52. The van der Waals surface area contributed by atoms with E-state index in [1.807, 2.05) is 6.92 Å². The Morgan fingerprint density at radius 2 is 1.83 bits per heavy atom. The molecule has 0 fully saturated rings. The third kappa shape index (κ3) is 4.85. The lowest BCUT2D eigenvalue weighted by Gasteiger charge is -2.14. The van der Waals surface area contributed by atoms with Gasteiger partial charge < -0.3 is 14.5 Å². The lowest BCUT2D eigenvalue weighted by molar-refractivity contribution is 0.102. The minimum absolute atomic E-state index is 0.0641. The van der Waals surface area contributed by atoms with Crippen LogP contribution in [0.25, 0.3) is 0 Å². The van der Waals surface area contributed by atoms with E-state index in [0.29, 0.717) is 45.1 Å². The van der Waals surface area contributed by atoms with Crippen molar-refractivity contribution in [1.29, 1.82) is 0 Å². The maximum absolute atomic E-state index is 13.0. The highest BCUT2D eigenvalue weighted by Crippen LogP contribution is 2.30. The molecule has 1 aromatic heterocycles. The zero-order valence-corrected chi connectivity index (χ0v) is 19.1. The van der Waals surface area contributed by atoms with Gasteiger partial charge in [0.05, 0.1) is 33.5 Å². The van der Waals surface area contributed by atoms with Crippen molar-refractivity contribution in [3.8, 4) is 5.75 Å². The third-order valence-electron chi connectivity index (χ3n) is 4.32. The summed E-state index contributed by atoms with van der Waals surface area (Å²) in [6.07, 6.45) is 1.42. The van der Waals surface area contributed by atoms with Crippen LogP contribution in [0.15, 0.2) is 62.5 Å². The number of benzene rings is 2. The molecule has 9 heteroatoms. The Balaban J connectivity index is 1.85. The van der Waals surface area contributed by atoms with Gasteiger partial charge in [-0.15, -0.1) is 0 Å². The molecular formula is C21H21BrN2O5S. The molecule has 0 atom stereocenters. The number of sulfonamides is 1. The van der Waals surface area contributed by atoms with E-state index in [2.05, 4.69) is 26.0 Å². The van der Waals surface area contributed by atoms with E-state index in [1.54, 1.807) is 50.2 Å². The number of hydrogen-bond donors (Lipinski definition) is 2. The Morgan fingerprint density at radius 3 is 2.47 bits per heavy atom. The van der Waals surface area contributed by atoms with Crippen molar-refractivity contribution in [2.45, 2.75) is 25.7 Å². The van der Waals surface area contributed by atoms with Gasteiger partial charge in [-0.2, -0.15) is 0 Å². The number of ether oxygens (including phenoxy) is 1. The number of rotatable bonds is 7. The van der Waals surface area contributed by atoms with Crippen molar-refractivity contribution in [1.82, 2.24) is 0 Å². The molecule has 0 radical (unpaired) electrons. The van der Waals surface area contributed by atoms with Crippen LogP contribution in [-0.2, 0) is 10.0 Å². The summed E-state index contributed by atoms with van der Waals surface area (Å²) >= 11 is 3.37. The second-order valence-electron chi connectivity index (χ2n) is 6.51. The molecule has 0 bridgehead atoms. The third-order valence-corrected chi connectivity index (χ3v) is 6.47. The number of anilines is 2. The van der Waals surface area contributed by atoms with E-state index in [1.165, 1.54) is 12.3 Å². The number of furan rings is 1. The molecular weight excluding hydrogens is 472 g/mol. The molecule has 0 aliphatic rings. The molecule has 0 aliphatic carbocycles. The Labute approximate surface area is 183 Å². The largest absolute Gasteiger partial charge is 0.493 e. The molecule has 2 N–H and O–H groups in total. The molecule has 0 aliphatic heterocycles. The number of aryl methyl sites for hydroxylation is 2. The predicted molar refractivity (Wildman–Crippen MR) is 119 cm³/mol. The van der Waals surface area contributed by atoms with Crippen LogP contribution < -0.4 is 14.8 Å². The summed E-state index contributed by atoms with van der Waals surface area (Å²) in [5.74, 6) is 0.725. The SMILES string of the molecule is CCOc1ccc(NS(=O)(=O)c2cc(NC(=O)c3ccoc3C)ccc2C)cc1Br. The monoisotopic (exact) mass is 492 g/mol. The highest BCUT2D eigenvalue weighted by molar-refractivity contribution is 9.10. The standard InChI is InChI=1S/C21H21BrN2O5S/c1-4-28-19-8-7-16(11-18(19)22)24-30(26,27)20-12-15(6-5-13(20)2)23-21(25)17-9-10-29-14(17)3/h5-12,24H,4H2,1-3H3,(H,23,25). The molecule has 3 rings (SSSR count). The number of halogens is 1. The van der Waals surface area contributed by atoms with E-state index >= 15 is 0 Å². The fourth-order valence-electron chi connectivity index (χ4n) is 2.83. The van der Waals surface area contributed by atoms with E-state index in [9.17, 15) is 13.2 Å². The maximum atomic E-state index is 13.0. The second kappa shape index (κ2) is 8.93. The van der Waals surface area contributed by atoms with Gasteiger partial charge in [-0.3, -0.25) is 9.52 Å². The number of nitrogens with one attached hydrogen (secondary N) is 2. The minimum atomic E-state index is -3.89. The van der Waals surface area contributed by atoms with E-state index in [4.69, 9.17) is 9.15 Å². The first kappa shape index (κ1) is 21.9. The fraction of sp³-hybridized carbons (Fsp3) is 0.190. The second-order valence-corrected chi connectivity index (χ2v) is 9.01. The summed E-state index contributed by atoms with van der Waals surface area (Å²) in [5.41, 5.74) is 1.68. The average molecular weight is 493 g/mol. The van der Waals surface area contributed by atoms with Crippen LogP contribution in [0, 0.1) is 13.8 Å². The first-order chi connectivity index (χ1) is 14.2. The quantitative estimate of drug-likeness (QED) is 0.477. The molecule has 0 unspecified atom stereocenters. The summed E-state index contributed by atoms with van der Waals surface area (Å²) in [6.45, 7) is 5.73. The van der Waals surface area contributed by atoms with E-state index in [0.717, 1.165) is 0 Å². The molecule has 1 amide bonds. The van der Waals surface area contributed by atoms with Gasteiger partial charge in [0.15, 0.2) is 0 Å². The van der Waals surface area contributed by atoms with Gasteiger partial charge in [-0.25, -0.2) is 8.42 Å². The predicted octanol–water partition coefficient (Wildman–Crippen LogP) is 5.11. The summed E-state index contributed by atoms with van der Waals surface area (Å²) in [6, 6.07) is 11.2. The zero-order valence-electron chi connectivity index (χ0n) is 16.7. The molecule has 30 heavy (non-hydrogen) atoms. The van der Waals surface area contributed by atoms with Crippen LogP contribution in [0.5, 0.6) is 5.75 Å². The highest BCUT2D eigenvalue weighted by Gasteiger charge is 2.20. The van der Waals surface area contributed by atoms with Crippen LogP contribution in [0.4, 0.5) is 11.4 Å². The normalized spacial score (nSPS) is 11.2. The molecule has 1 heterocycles. The van der Waals surface area contributed by atoms with Crippen LogP contribution in [0.3, 0.4) is 0 Å². The van der Waals surface area contributed by atoms with Crippen molar-refractivity contribution in [3.63, 3.8) is 0 Å². The van der Waals surface area contributed by atoms with Crippen LogP contribution in [-0.4, -0.2) is 20.9 Å². The van der Waals surface area contributed by atoms with E-state index < -0.39 is 10.0 Å². The maximum Gasteiger partial charge on any atom is 0.262 e. The average Bonchev–Trinajstić information content (AvgIpc) is 3.11. The summed E-state index contributed by atoms with van der Waals surface area (Å²) in [5, 5.41) is 2.70. The molecule has 2 aromatic carbocycles. The molecule has 158 valence electrons. The number of hydrogen-bond acceptors (Lipinski definition) is 5. The molecule has 0 saturated heterocycles. The van der Waals surface area contributed by atoms with Gasteiger partial charge in [0.1, 0.15) is 11.5 Å². The lowest BCUT2D eigenvalue weighted by Crippen LogP contribution is -2.16. The number of carbonyl (C=O) groups is 1. The Morgan fingerprint density at radius 1 is 1.10 bits per heavy atom. The Hall–Kier alpha value is -2.78. The first-order valence-corrected chi connectivity index (χ1v) is 11.4. The molecule has 7 nitrogen and oxygen atoms in total. The van der Waals surface area contributed by atoms with Gasteiger partial charge in [-0.1, -0.05) is 6.07 Å². The number of carbonyl (C=O) groups excluding carboxylic acids is 1. The number of amides is 1. The van der Waals surface area contributed by atoms with Gasteiger partial charge >= 0.3 is 0 Å². The van der Waals surface area contributed by atoms with Crippen molar-refractivity contribution < 1.29 is 22.4 Å². The van der Waals surface area contributed by atoms with Crippen LogP contribution >= 0.6 is 15.9 Å². The van der Waals surface area contributed by atoms with Crippen LogP contribution in [0.1, 0.15) is 28.6 Å². The fourth-order valence-corrected chi connectivity index (χ4v) is 4.65. The molecule has 0 spiro atoms. The Bertz CT molecular complexity index is 1190. The topological polar surface area (TPSA) is 97.6 Å².